The lowest BCUT2D eigenvalue weighted by Crippen LogP contribution is -2.08. The molecule has 0 saturated heterocycles. The molecule has 0 atom stereocenters. The summed E-state index contributed by atoms with van der Waals surface area (Å²) in [4.78, 5) is 0. The summed E-state index contributed by atoms with van der Waals surface area (Å²) < 4.78 is 7.71. The Hall–Kier alpha value is -2.83. The number of tetrazole rings is 1. The maximum atomic E-state index is 6.13. The summed E-state index contributed by atoms with van der Waals surface area (Å²) in [5, 5.41) is 18.0. The van der Waals surface area contributed by atoms with Gasteiger partial charge in [-0.1, -0.05) is 64.7 Å². The van der Waals surface area contributed by atoms with Gasteiger partial charge in [0, 0.05) is 19.2 Å². The van der Waals surface area contributed by atoms with Crippen molar-refractivity contribution in [1.82, 2.24) is 20.2 Å². The summed E-state index contributed by atoms with van der Waals surface area (Å²) in [5.74, 6) is 1.37. The molecule has 0 aliphatic rings. The Kier molecular flexibility index (Phi) is 5.32. The van der Waals surface area contributed by atoms with Gasteiger partial charge in [0.25, 0.3) is 0 Å². The van der Waals surface area contributed by atoms with Gasteiger partial charge in [0.2, 0.25) is 5.95 Å². The van der Waals surface area contributed by atoms with Crippen LogP contribution in [0.15, 0.2) is 54.6 Å². The van der Waals surface area contributed by atoms with Crippen LogP contribution in [0.5, 0.6) is 5.75 Å². The van der Waals surface area contributed by atoms with Crippen LogP contribution < -0.4 is 10.1 Å². The van der Waals surface area contributed by atoms with Gasteiger partial charge in [-0.15, -0.1) is 0 Å². The lowest BCUT2D eigenvalue weighted by molar-refractivity contribution is 0.304. The standard InChI is InChI=1S/C20H17Cl2N5O/c1-27-20(24-25-26-27)23-11-16-15-5-3-2-4-14(15)7-9-19(16)28-12-13-6-8-17(21)18(22)10-13/h2-10H,11-12H2,1H3,(H,23,24,26). The summed E-state index contributed by atoms with van der Waals surface area (Å²) in [6, 6.07) is 17.7. The zero-order valence-corrected chi connectivity index (χ0v) is 16.6. The van der Waals surface area contributed by atoms with Crippen LogP contribution in [0.4, 0.5) is 5.95 Å². The van der Waals surface area contributed by atoms with Gasteiger partial charge in [-0.3, -0.25) is 0 Å². The van der Waals surface area contributed by atoms with Crippen molar-refractivity contribution in [3.63, 3.8) is 0 Å². The van der Waals surface area contributed by atoms with Crippen LogP contribution in [-0.4, -0.2) is 20.2 Å². The smallest absolute Gasteiger partial charge is 0.242 e. The molecule has 142 valence electrons. The summed E-state index contributed by atoms with van der Waals surface area (Å²) in [6.07, 6.45) is 0. The van der Waals surface area contributed by atoms with Gasteiger partial charge in [0.05, 0.1) is 10.0 Å². The Morgan fingerprint density at radius 1 is 1.04 bits per heavy atom. The molecule has 3 aromatic carbocycles. The zero-order valence-electron chi connectivity index (χ0n) is 15.1. The molecule has 0 fully saturated rings. The maximum absolute atomic E-state index is 6.13. The Morgan fingerprint density at radius 2 is 1.89 bits per heavy atom. The number of hydrogen-bond acceptors (Lipinski definition) is 5. The lowest BCUT2D eigenvalue weighted by Gasteiger charge is -2.15. The molecule has 28 heavy (non-hydrogen) atoms. The van der Waals surface area contributed by atoms with Gasteiger partial charge in [0.15, 0.2) is 0 Å². The third-order valence-corrected chi connectivity index (χ3v) is 5.16. The van der Waals surface area contributed by atoms with E-state index < -0.39 is 0 Å². The number of nitrogens with one attached hydrogen (secondary N) is 1. The Labute approximate surface area is 172 Å². The summed E-state index contributed by atoms with van der Waals surface area (Å²) in [6.45, 7) is 0.903. The van der Waals surface area contributed by atoms with Crippen molar-refractivity contribution in [2.45, 2.75) is 13.2 Å². The highest BCUT2D eigenvalue weighted by Gasteiger charge is 2.11. The minimum absolute atomic E-state index is 0.383. The quantitative estimate of drug-likeness (QED) is 0.488. The second kappa shape index (κ2) is 8.04. The normalized spacial score (nSPS) is 11.0. The lowest BCUT2D eigenvalue weighted by atomic mass is 10.0. The van der Waals surface area contributed by atoms with Crippen molar-refractivity contribution in [3.8, 4) is 5.75 Å². The largest absolute Gasteiger partial charge is 0.489 e. The molecular weight excluding hydrogens is 397 g/mol. The molecule has 0 spiro atoms. The van der Waals surface area contributed by atoms with Crippen molar-refractivity contribution in [2.24, 2.45) is 7.05 Å². The first-order chi connectivity index (χ1) is 13.6. The van der Waals surface area contributed by atoms with Crippen LogP contribution in [0.1, 0.15) is 11.1 Å². The summed E-state index contributed by atoms with van der Waals surface area (Å²) in [7, 11) is 1.78. The highest BCUT2D eigenvalue weighted by atomic mass is 35.5. The minimum atomic E-state index is 0.383. The van der Waals surface area contributed by atoms with E-state index in [1.54, 1.807) is 17.8 Å². The number of benzene rings is 3. The number of anilines is 1. The average Bonchev–Trinajstić information content (AvgIpc) is 3.12. The molecule has 0 aliphatic carbocycles. The molecule has 1 N–H and O–H groups in total. The molecule has 4 aromatic rings. The third-order valence-electron chi connectivity index (χ3n) is 4.42. The Bertz CT molecular complexity index is 1130. The SMILES string of the molecule is Cn1nnnc1NCc1c(OCc2ccc(Cl)c(Cl)c2)ccc2ccccc12. The second-order valence-electron chi connectivity index (χ2n) is 6.28. The molecule has 0 aliphatic heterocycles. The van der Waals surface area contributed by atoms with E-state index in [9.17, 15) is 0 Å². The number of rotatable bonds is 6. The molecular formula is C20H17Cl2N5O. The summed E-state index contributed by atoms with van der Waals surface area (Å²) >= 11 is 12.1. The molecule has 8 heteroatoms. The van der Waals surface area contributed by atoms with Crippen molar-refractivity contribution < 1.29 is 4.74 Å². The van der Waals surface area contributed by atoms with Crippen LogP contribution in [0.3, 0.4) is 0 Å². The van der Waals surface area contributed by atoms with Crippen LogP contribution in [-0.2, 0) is 20.2 Å². The predicted molar refractivity (Wildman–Crippen MR) is 111 cm³/mol. The highest BCUT2D eigenvalue weighted by Crippen LogP contribution is 2.30. The number of fused-ring (bicyclic) bond motifs is 1. The zero-order chi connectivity index (χ0) is 19.5. The van der Waals surface area contributed by atoms with Crippen LogP contribution in [0, 0.1) is 0 Å². The van der Waals surface area contributed by atoms with E-state index in [1.807, 2.05) is 36.4 Å². The molecule has 1 aromatic heterocycles. The maximum Gasteiger partial charge on any atom is 0.242 e. The molecule has 0 unspecified atom stereocenters. The van der Waals surface area contributed by atoms with Crippen molar-refractivity contribution in [1.29, 1.82) is 0 Å². The molecule has 4 rings (SSSR count). The Balaban J connectivity index is 1.62. The molecule has 1 heterocycles. The van der Waals surface area contributed by atoms with Gasteiger partial charge in [0.1, 0.15) is 12.4 Å². The molecule has 6 nitrogen and oxygen atoms in total. The highest BCUT2D eigenvalue weighted by molar-refractivity contribution is 6.42. The van der Waals surface area contributed by atoms with Gasteiger partial charge >= 0.3 is 0 Å². The Morgan fingerprint density at radius 3 is 2.68 bits per heavy atom. The van der Waals surface area contributed by atoms with Crippen molar-refractivity contribution in [2.75, 3.05) is 5.32 Å². The van der Waals surface area contributed by atoms with E-state index in [1.165, 1.54) is 0 Å². The predicted octanol–water partition coefficient (Wildman–Crippen LogP) is 4.86. The van der Waals surface area contributed by atoms with E-state index in [-0.39, 0.29) is 0 Å². The van der Waals surface area contributed by atoms with E-state index >= 15 is 0 Å². The average molecular weight is 414 g/mol. The van der Waals surface area contributed by atoms with Gasteiger partial charge in [-0.25, -0.2) is 4.68 Å². The molecule has 0 bridgehead atoms. The number of aromatic nitrogens is 4. The van der Waals surface area contributed by atoms with Gasteiger partial charge in [-0.05, 0) is 45.0 Å². The van der Waals surface area contributed by atoms with Crippen LogP contribution in [0.2, 0.25) is 10.0 Å². The van der Waals surface area contributed by atoms with E-state index in [4.69, 9.17) is 27.9 Å². The van der Waals surface area contributed by atoms with Crippen LogP contribution >= 0.6 is 23.2 Å². The topological polar surface area (TPSA) is 64.9 Å². The summed E-state index contributed by atoms with van der Waals surface area (Å²) in [5.41, 5.74) is 1.97. The van der Waals surface area contributed by atoms with Gasteiger partial charge in [-0.2, -0.15) is 0 Å². The fourth-order valence-corrected chi connectivity index (χ4v) is 3.29. The van der Waals surface area contributed by atoms with Crippen molar-refractivity contribution >= 4 is 39.9 Å². The van der Waals surface area contributed by atoms with E-state index in [2.05, 4.69) is 33.0 Å². The molecule has 0 amide bonds. The van der Waals surface area contributed by atoms with Crippen molar-refractivity contribution in [3.05, 3.63) is 75.8 Å². The number of hydrogen-bond donors (Lipinski definition) is 1. The first kappa shape index (κ1) is 18.5. The van der Waals surface area contributed by atoms with E-state index in [0.717, 1.165) is 27.6 Å². The fraction of sp³-hybridized carbons (Fsp3) is 0.150. The van der Waals surface area contributed by atoms with Crippen LogP contribution in [0.25, 0.3) is 10.8 Å². The first-order valence-corrected chi connectivity index (χ1v) is 9.41. The molecule has 0 saturated carbocycles. The minimum Gasteiger partial charge on any atom is -0.489 e. The number of halogens is 2. The first-order valence-electron chi connectivity index (χ1n) is 8.65. The monoisotopic (exact) mass is 413 g/mol. The second-order valence-corrected chi connectivity index (χ2v) is 7.09. The van der Waals surface area contributed by atoms with E-state index in [0.29, 0.717) is 29.1 Å². The number of aryl methyl sites for hydroxylation is 1. The molecule has 0 radical (unpaired) electrons. The number of ether oxygens (including phenoxy) is 1. The third kappa shape index (κ3) is 3.88. The van der Waals surface area contributed by atoms with Gasteiger partial charge < -0.3 is 10.1 Å². The number of nitrogens with zero attached hydrogens (tertiary/aromatic N) is 4. The fourth-order valence-electron chi connectivity index (χ4n) is 2.97.